The Kier molecular flexibility index (Phi) is 3.43. The fourth-order valence-corrected chi connectivity index (χ4v) is 2.92. The third-order valence-corrected chi connectivity index (χ3v) is 4.04. The molecule has 1 aromatic heterocycles. The Morgan fingerprint density at radius 3 is 3.05 bits per heavy atom. The quantitative estimate of drug-likeness (QED) is 0.824. The summed E-state index contributed by atoms with van der Waals surface area (Å²) in [7, 11) is 0. The van der Waals surface area contributed by atoms with E-state index in [1.165, 1.54) is 11.8 Å². The van der Waals surface area contributed by atoms with Crippen LogP contribution in [-0.2, 0) is 0 Å². The van der Waals surface area contributed by atoms with Gasteiger partial charge in [0.1, 0.15) is 5.75 Å². The number of nitrogens with two attached hydrogens (primary N) is 1. The van der Waals surface area contributed by atoms with E-state index in [9.17, 15) is 4.79 Å². The SMILES string of the molecule is CCOc1cc(Sc2n[nH]c(=O)n2C2CC2)ccc1N. The van der Waals surface area contributed by atoms with E-state index >= 15 is 0 Å². The zero-order valence-corrected chi connectivity index (χ0v) is 11.9. The zero-order chi connectivity index (χ0) is 14.1. The number of H-pyrrole nitrogens is 1. The Morgan fingerprint density at radius 2 is 2.35 bits per heavy atom. The van der Waals surface area contributed by atoms with Crippen molar-refractivity contribution in [2.45, 2.75) is 35.9 Å². The molecule has 2 aromatic rings. The molecule has 0 saturated heterocycles. The molecule has 1 fully saturated rings. The largest absolute Gasteiger partial charge is 0.492 e. The maximum atomic E-state index is 11.7. The van der Waals surface area contributed by atoms with Crippen LogP contribution in [0.1, 0.15) is 25.8 Å². The van der Waals surface area contributed by atoms with Crippen LogP contribution >= 0.6 is 11.8 Å². The number of hydrogen-bond acceptors (Lipinski definition) is 5. The van der Waals surface area contributed by atoms with Crippen molar-refractivity contribution in [2.24, 2.45) is 0 Å². The van der Waals surface area contributed by atoms with E-state index < -0.39 is 0 Å². The lowest BCUT2D eigenvalue weighted by Gasteiger charge is -2.09. The Morgan fingerprint density at radius 1 is 1.55 bits per heavy atom. The Hall–Kier alpha value is -1.89. The molecule has 1 aromatic carbocycles. The maximum absolute atomic E-state index is 11.7. The van der Waals surface area contributed by atoms with Crippen molar-refractivity contribution >= 4 is 17.4 Å². The minimum atomic E-state index is -0.143. The number of rotatable bonds is 5. The highest BCUT2D eigenvalue weighted by molar-refractivity contribution is 7.99. The first-order valence-electron chi connectivity index (χ1n) is 6.56. The van der Waals surface area contributed by atoms with Gasteiger partial charge in [-0.1, -0.05) is 0 Å². The van der Waals surface area contributed by atoms with Gasteiger partial charge in [-0.2, -0.15) is 0 Å². The van der Waals surface area contributed by atoms with Crippen LogP contribution in [0.3, 0.4) is 0 Å². The smallest absolute Gasteiger partial charge is 0.344 e. The average Bonchev–Trinajstić information content (AvgIpc) is 3.19. The summed E-state index contributed by atoms with van der Waals surface area (Å²) in [5, 5.41) is 7.28. The van der Waals surface area contributed by atoms with Crippen LogP contribution in [0.4, 0.5) is 5.69 Å². The van der Waals surface area contributed by atoms with Gasteiger partial charge in [-0.25, -0.2) is 9.89 Å². The van der Waals surface area contributed by atoms with E-state index in [2.05, 4.69) is 10.2 Å². The van der Waals surface area contributed by atoms with E-state index in [-0.39, 0.29) is 5.69 Å². The molecule has 3 rings (SSSR count). The number of aromatic amines is 1. The number of nitrogens with one attached hydrogen (secondary N) is 1. The minimum Gasteiger partial charge on any atom is -0.492 e. The Bertz CT molecular complexity index is 675. The molecule has 1 aliphatic rings. The van der Waals surface area contributed by atoms with Gasteiger partial charge in [-0.05, 0) is 49.7 Å². The van der Waals surface area contributed by atoms with Gasteiger partial charge >= 0.3 is 5.69 Å². The van der Waals surface area contributed by atoms with Crippen LogP contribution in [0.5, 0.6) is 5.75 Å². The highest BCUT2D eigenvalue weighted by Crippen LogP contribution is 2.38. The summed E-state index contributed by atoms with van der Waals surface area (Å²) in [5.41, 5.74) is 6.32. The Balaban J connectivity index is 1.88. The molecule has 0 radical (unpaired) electrons. The summed E-state index contributed by atoms with van der Waals surface area (Å²) in [5.74, 6) is 0.661. The third-order valence-electron chi connectivity index (χ3n) is 3.08. The minimum absolute atomic E-state index is 0.143. The molecule has 0 aliphatic heterocycles. The molecule has 0 bridgehead atoms. The van der Waals surface area contributed by atoms with Crippen molar-refractivity contribution in [3.63, 3.8) is 0 Å². The molecule has 1 aliphatic carbocycles. The lowest BCUT2D eigenvalue weighted by molar-refractivity contribution is 0.341. The van der Waals surface area contributed by atoms with Crippen molar-refractivity contribution in [3.8, 4) is 5.75 Å². The van der Waals surface area contributed by atoms with Crippen LogP contribution in [0.25, 0.3) is 0 Å². The summed E-state index contributed by atoms with van der Waals surface area (Å²) < 4.78 is 7.20. The molecule has 0 atom stereocenters. The first-order chi connectivity index (χ1) is 9.69. The van der Waals surface area contributed by atoms with Gasteiger partial charge in [-0.3, -0.25) is 4.57 Å². The molecule has 0 unspecified atom stereocenters. The summed E-state index contributed by atoms with van der Waals surface area (Å²) >= 11 is 1.44. The molecule has 20 heavy (non-hydrogen) atoms. The van der Waals surface area contributed by atoms with E-state index in [1.807, 2.05) is 19.1 Å². The number of hydrogen-bond donors (Lipinski definition) is 2. The number of benzene rings is 1. The lowest BCUT2D eigenvalue weighted by Crippen LogP contribution is -2.15. The molecule has 1 saturated carbocycles. The van der Waals surface area contributed by atoms with Crippen LogP contribution in [0.2, 0.25) is 0 Å². The fraction of sp³-hybridized carbons (Fsp3) is 0.385. The van der Waals surface area contributed by atoms with E-state index in [0.29, 0.717) is 29.2 Å². The van der Waals surface area contributed by atoms with Crippen molar-refractivity contribution in [3.05, 3.63) is 28.7 Å². The first kappa shape index (κ1) is 13.1. The normalized spacial score (nSPS) is 14.4. The molecule has 3 N–H and O–H groups in total. The second-order valence-corrected chi connectivity index (χ2v) is 5.69. The molecule has 6 nitrogen and oxygen atoms in total. The number of nitrogen functional groups attached to an aromatic ring is 1. The third kappa shape index (κ3) is 2.53. The van der Waals surface area contributed by atoms with Gasteiger partial charge in [0.15, 0.2) is 5.16 Å². The van der Waals surface area contributed by atoms with Crippen molar-refractivity contribution in [2.75, 3.05) is 12.3 Å². The number of anilines is 1. The van der Waals surface area contributed by atoms with Crippen LogP contribution in [0, 0.1) is 0 Å². The van der Waals surface area contributed by atoms with Gasteiger partial charge in [0, 0.05) is 10.9 Å². The van der Waals surface area contributed by atoms with Crippen molar-refractivity contribution in [1.82, 2.24) is 14.8 Å². The van der Waals surface area contributed by atoms with Crippen LogP contribution < -0.4 is 16.2 Å². The number of aromatic nitrogens is 3. The number of ether oxygens (including phenoxy) is 1. The van der Waals surface area contributed by atoms with Gasteiger partial charge in [-0.15, -0.1) is 5.10 Å². The summed E-state index contributed by atoms with van der Waals surface area (Å²) in [6, 6.07) is 5.88. The molecule has 7 heteroatoms. The summed E-state index contributed by atoms with van der Waals surface area (Å²) in [4.78, 5) is 12.7. The summed E-state index contributed by atoms with van der Waals surface area (Å²) in [6.07, 6.45) is 2.08. The summed E-state index contributed by atoms with van der Waals surface area (Å²) in [6.45, 7) is 2.48. The molecule has 0 spiro atoms. The zero-order valence-electron chi connectivity index (χ0n) is 11.1. The predicted molar refractivity (Wildman–Crippen MR) is 77.3 cm³/mol. The average molecular weight is 292 g/mol. The highest BCUT2D eigenvalue weighted by Gasteiger charge is 2.28. The van der Waals surface area contributed by atoms with Gasteiger partial charge in [0.05, 0.1) is 12.3 Å². The van der Waals surface area contributed by atoms with Crippen molar-refractivity contribution < 1.29 is 4.74 Å². The van der Waals surface area contributed by atoms with E-state index in [1.54, 1.807) is 10.6 Å². The topological polar surface area (TPSA) is 85.9 Å². The van der Waals surface area contributed by atoms with Gasteiger partial charge < -0.3 is 10.5 Å². The fourth-order valence-electron chi connectivity index (χ4n) is 1.98. The second-order valence-electron chi connectivity index (χ2n) is 4.65. The Labute approximate surface area is 120 Å². The molecular weight excluding hydrogens is 276 g/mol. The number of nitrogens with zero attached hydrogens (tertiary/aromatic N) is 2. The monoisotopic (exact) mass is 292 g/mol. The molecular formula is C13H16N4O2S. The lowest BCUT2D eigenvalue weighted by atomic mass is 10.3. The highest BCUT2D eigenvalue weighted by atomic mass is 32.2. The maximum Gasteiger partial charge on any atom is 0.344 e. The first-order valence-corrected chi connectivity index (χ1v) is 7.37. The standard InChI is InChI=1S/C13H16N4O2S/c1-2-19-11-7-9(5-6-10(11)14)20-13-16-15-12(18)17(13)8-3-4-8/h5-8H,2-4,14H2,1H3,(H,15,18). The molecule has 0 amide bonds. The second kappa shape index (κ2) is 5.24. The van der Waals surface area contributed by atoms with Gasteiger partial charge in [0.25, 0.3) is 0 Å². The molecule has 1 heterocycles. The predicted octanol–water partition coefficient (Wildman–Crippen LogP) is 2.04. The van der Waals surface area contributed by atoms with Crippen molar-refractivity contribution in [1.29, 1.82) is 0 Å². The van der Waals surface area contributed by atoms with Gasteiger partial charge in [0.2, 0.25) is 0 Å². The molecule has 106 valence electrons. The van der Waals surface area contributed by atoms with Crippen LogP contribution in [0.15, 0.2) is 33.0 Å². The van der Waals surface area contributed by atoms with E-state index in [4.69, 9.17) is 10.5 Å². The van der Waals surface area contributed by atoms with E-state index in [0.717, 1.165) is 17.7 Å². The van der Waals surface area contributed by atoms with Crippen LogP contribution in [-0.4, -0.2) is 21.4 Å².